The number of sulfonamides is 1. The quantitative estimate of drug-likeness (QED) is 0.303. The van der Waals surface area contributed by atoms with E-state index >= 15 is 0 Å². The lowest BCUT2D eigenvalue weighted by Gasteiger charge is -2.32. The average Bonchev–Trinajstić information content (AvgIpc) is 2.98. The first kappa shape index (κ1) is 32.5. The number of anilines is 1. The molecule has 0 spiro atoms. The molecule has 0 fully saturated rings. The van der Waals surface area contributed by atoms with Crippen molar-refractivity contribution in [3.63, 3.8) is 0 Å². The van der Waals surface area contributed by atoms with Crippen LogP contribution in [0.5, 0.6) is 17.2 Å². The molecule has 0 aliphatic heterocycles. The van der Waals surface area contributed by atoms with E-state index < -0.39 is 40.2 Å². The number of benzene rings is 3. The van der Waals surface area contributed by atoms with Crippen LogP contribution in [0.15, 0.2) is 65.6 Å². The third-order valence-corrected chi connectivity index (χ3v) is 8.41. The molecule has 0 heterocycles. The van der Waals surface area contributed by atoms with Gasteiger partial charge in [0.05, 0.1) is 31.9 Å². The van der Waals surface area contributed by atoms with Crippen molar-refractivity contribution >= 4 is 39.1 Å². The van der Waals surface area contributed by atoms with Crippen LogP contribution in [-0.2, 0) is 26.2 Å². The summed E-state index contributed by atoms with van der Waals surface area (Å²) in [5.41, 5.74) is 0.538. The number of carbonyl (C=O) groups excluding carboxylic acids is 2. The molecule has 0 bridgehead atoms. The van der Waals surface area contributed by atoms with Crippen molar-refractivity contribution in [1.29, 1.82) is 0 Å². The molecule has 0 aromatic heterocycles. The average molecular weight is 622 g/mol. The van der Waals surface area contributed by atoms with Crippen LogP contribution in [0, 0.1) is 5.82 Å². The fourth-order valence-electron chi connectivity index (χ4n) is 4.17. The summed E-state index contributed by atoms with van der Waals surface area (Å²) in [6.07, 6.45) is 0. The van der Waals surface area contributed by atoms with E-state index in [9.17, 15) is 22.4 Å². The van der Waals surface area contributed by atoms with Gasteiger partial charge in [0.25, 0.3) is 10.0 Å². The minimum atomic E-state index is -4.46. The molecule has 0 radical (unpaired) electrons. The van der Waals surface area contributed by atoms with E-state index in [4.69, 9.17) is 25.8 Å². The van der Waals surface area contributed by atoms with Crippen molar-refractivity contribution in [3.8, 4) is 17.2 Å². The van der Waals surface area contributed by atoms with Crippen LogP contribution in [0.4, 0.5) is 10.1 Å². The van der Waals surface area contributed by atoms with E-state index in [0.717, 1.165) is 4.31 Å². The SMILES string of the molecule is CCNC(=O)C(C)N(Cc1ccc(F)cc1)C(=O)CN(c1cc(Cl)ccc1OC)S(=O)(=O)c1ccc(OC)c(OC)c1. The minimum Gasteiger partial charge on any atom is -0.495 e. The Kier molecular flexibility index (Phi) is 11.0. The molecule has 10 nitrogen and oxygen atoms in total. The van der Waals surface area contributed by atoms with Crippen LogP contribution < -0.4 is 23.8 Å². The van der Waals surface area contributed by atoms with E-state index in [1.165, 1.54) is 93.8 Å². The maximum absolute atomic E-state index is 14.2. The number of rotatable bonds is 13. The van der Waals surface area contributed by atoms with Crippen LogP contribution in [0.25, 0.3) is 0 Å². The zero-order chi connectivity index (χ0) is 31.0. The molecule has 226 valence electrons. The highest BCUT2D eigenvalue weighted by atomic mass is 35.5. The molecule has 13 heteroatoms. The number of nitrogens with one attached hydrogen (secondary N) is 1. The summed E-state index contributed by atoms with van der Waals surface area (Å²) in [7, 11) is -0.325. The van der Waals surface area contributed by atoms with Crippen LogP contribution in [0.2, 0.25) is 5.02 Å². The Morgan fingerprint density at radius 1 is 0.929 bits per heavy atom. The summed E-state index contributed by atoms with van der Waals surface area (Å²) < 4.78 is 58.8. The fourth-order valence-corrected chi connectivity index (χ4v) is 5.77. The first-order chi connectivity index (χ1) is 20.0. The predicted molar refractivity (Wildman–Crippen MR) is 157 cm³/mol. The van der Waals surface area contributed by atoms with Gasteiger partial charge < -0.3 is 24.4 Å². The second kappa shape index (κ2) is 14.2. The van der Waals surface area contributed by atoms with Crippen LogP contribution >= 0.6 is 11.6 Å². The van der Waals surface area contributed by atoms with Gasteiger partial charge in [0, 0.05) is 24.2 Å². The number of carbonyl (C=O) groups is 2. The Morgan fingerprint density at radius 2 is 1.55 bits per heavy atom. The number of ether oxygens (including phenoxy) is 3. The molecule has 0 saturated carbocycles. The van der Waals surface area contributed by atoms with Gasteiger partial charge in [0.1, 0.15) is 24.2 Å². The maximum Gasteiger partial charge on any atom is 0.265 e. The van der Waals surface area contributed by atoms with Crippen LogP contribution in [-0.4, -0.2) is 65.6 Å². The summed E-state index contributed by atoms with van der Waals surface area (Å²) >= 11 is 6.25. The number of hydrogen-bond donors (Lipinski definition) is 1. The van der Waals surface area contributed by atoms with Gasteiger partial charge in [-0.2, -0.15) is 0 Å². The van der Waals surface area contributed by atoms with Gasteiger partial charge >= 0.3 is 0 Å². The normalized spacial score (nSPS) is 11.8. The number of likely N-dealkylation sites (N-methyl/N-ethyl adjacent to an activating group) is 1. The third kappa shape index (κ3) is 7.42. The molecule has 2 amide bonds. The molecular weight excluding hydrogens is 589 g/mol. The van der Waals surface area contributed by atoms with Gasteiger partial charge in [0.2, 0.25) is 11.8 Å². The van der Waals surface area contributed by atoms with Crippen LogP contribution in [0.1, 0.15) is 19.4 Å². The van der Waals surface area contributed by atoms with Crippen molar-refractivity contribution in [2.75, 3.05) is 38.7 Å². The third-order valence-electron chi connectivity index (χ3n) is 6.42. The maximum atomic E-state index is 14.2. The molecule has 3 rings (SSSR count). The second-order valence-electron chi connectivity index (χ2n) is 9.06. The summed E-state index contributed by atoms with van der Waals surface area (Å²) in [5.74, 6) is -1.01. The molecule has 1 unspecified atom stereocenters. The van der Waals surface area contributed by atoms with Gasteiger partial charge in [-0.15, -0.1) is 0 Å². The van der Waals surface area contributed by atoms with E-state index in [1.54, 1.807) is 6.92 Å². The number of halogens is 2. The van der Waals surface area contributed by atoms with Crippen molar-refractivity contribution in [2.45, 2.75) is 31.3 Å². The smallest absolute Gasteiger partial charge is 0.265 e. The lowest BCUT2D eigenvalue weighted by Crippen LogP contribution is -2.51. The Balaban J connectivity index is 2.14. The predicted octanol–water partition coefficient (Wildman–Crippen LogP) is 4.25. The standard InChI is InChI=1S/C29H33ClFN3O7S/c1-6-32-29(36)19(2)33(17-20-7-10-22(31)11-8-20)28(35)18-34(24-15-21(30)9-13-25(24)39-3)42(37,38)23-12-14-26(40-4)27(16-23)41-5/h7-16,19H,6,17-18H2,1-5H3,(H,32,36). The first-order valence-electron chi connectivity index (χ1n) is 12.9. The Labute approximate surface area is 250 Å². The molecule has 0 aliphatic carbocycles. The largest absolute Gasteiger partial charge is 0.495 e. The summed E-state index contributed by atoms with van der Waals surface area (Å²) in [6.45, 7) is 2.77. The topological polar surface area (TPSA) is 114 Å². The van der Waals surface area contributed by atoms with Crippen molar-refractivity contribution < 1.29 is 36.6 Å². The highest BCUT2D eigenvalue weighted by Gasteiger charge is 2.34. The molecular formula is C29H33ClFN3O7S. The van der Waals surface area contributed by atoms with Gasteiger partial charge in [-0.25, -0.2) is 12.8 Å². The monoisotopic (exact) mass is 621 g/mol. The van der Waals surface area contributed by atoms with Gasteiger partial charge in [-0.05, 0) is 61.9 Å². The lowest BCUT2D eigenvalue weighted by atomic mass is 10.1. The highest BCUT2D eigenvalue weighted by Crippen LogP contribution is 2.37. The second-order valence-corrected chi connectivity index (χ2v) is 11.4. The van der Waals surface area contributed by atoms with E-state index in [0.29, 0.717) is 17.9 Å². The highest BCUT2D eigenvalue weighted by molar-refractivity contribution is 7.92. The molecule has 0 aliphatic rings. The van der Waals surface area contributed by atoms with Crippen molar-refractivity contribution in [1.82, 2.24) is 10.2 Å². The fraction of sp³-hybridized carbons (Fsp3) is 0.310. The van der Waals surface area contributed by atoms with E-state index in [2.05, 4.69) is 5.32 Å². The molecule has 42 heavy (non-hydrogen) atoms. The zero-order valence-electron chi connectivity index (χ0n) is 23.9. The number of hydrogen-bond acceptors (Lipinski definition) is 7. The number of amides is 2. The van der Waals surface area contributed by atoms with Gasteiger partial charge in [-0.3, -0.25) is 13.9 Å². The summed E-state index contributed by atoms with van der Waals surface area (Å²) in [5, 5.41) is 2.88. The molecule has 3 aromatic rings. The summed E-state index contributed by atoms with van der Waals surface area (Å²) in [6, 6.07) is 12.8. The Bertz CT molecular complexity index is 1520. The summed E-state index contributed by atoms with van der Waals surface area (Å²) in [4.78, 5) is 27.8. The Morgan fingerprint density at radius 3 is 2.14 bits per heavy atom. The number of nitrogens with zero attached hydrogens (tertiary/aromatic N) is 2. The Hall–Kier alpha value is -4.03. The lowest BCUT2D eigenvalue weighted by molar-refractivity contribution is -0.139. The van der Waals surface area contributed by atoms with Gasteiger partial charge in [-0.1, -0.05) is 23.7 Å². The molecule has 1 N–H and O–H groups in total. The number of methoxy groups -OCH3 is 3. The molecule has 3 aromatic carbocycles. The van der Waals surface area contributed by atoms with Crippen molar-refractivity contribution in [3.05, 3.63) is 77.1 Å². The molecule has 1 atom stereocenters. The van der Waals surface area contributed by atoms with E-state index in [1.807, 2.05) is 0 Å². The zero-order valence-corrected chi connectivity index (χ0v) is 25.5. The van der Waals surface area contributed by atoms with Gasteiger partial charge in [0.15, 0.2) is 11.5 Å². The van der Waals surface area contributed by atoms with Crippen LogP contribution in [0.3, 0.4) is 0 Å². The molecule has 0 saturated heterocycles. The minimum absolute atomic E-state index is 0.000491. The first-order valence-corrected chi connectivity index (χ1v) is 14.7. The van der Waals surface area contributed by atoms with Crippen molar-refractivity contribution in [2.24, 2.45) is 0 Å². The van der Waals surface area contributed by atoms with E-state index in [-0.39, 0.29) is 33.6 Å².